The molecule has 0 saturated heterocycles. The van der Waals surface area contributed by atoms with Gasteiger partial charge in [0.15, 0.2) is 0 Å². The molecule has 1 N–H and O–H groups in total. The first-order valence-electron chi connectivity index (χ1n) is 10.5. The molecule has 33 heavy (non-hydrogen) atoms. The number of fused-ring (bicyclic) bond motifs is 1. The largest absolute Gasteiger partial charge is 0.467 e. The van der Waals surface area contributed by atoms with E-state index in [0.717, 1.165) is 22.5 Å². The van der Waals surface area contributed by atoms with Gasteiger partial charge in [-0.25, -0.2) is 0 Å². The van der Waals surface area contributed by atoms with Crippen molar-refractivity contribution in [3.8, 4) is 17.3 Å². The summed E-state index contributed by atoms with van der Waals surface area (Å²) in [4.78, 5) is 15.3. The molecule has 8 heteroatoms. The number of hydrogen-bond acceptors (Lipinski definition) is 5. The average molecular weight is 458 g/mol. The first-order chi connectivity index (χ1) is 16.1. The summed E-state index contributed by atoms with van der Waals surface area (Å²) in [6.07, 6.45) is 3.34. The number of benzene rings is 2. The zero-order valence-corrected chi connectivity index (χ0v) is 18.4. The number of furan rings is 1. The number of carbonyl (C=O) groups excluding carboxylic acids is 1. The molecule has 0 fully saturated rings. The minimum absolute atomic E-state index is 0.0995. The maximum Gasteiger partial charge on any atom is 0.258 e. The summed E-state index contributed by atoms with van der Waals surface area (Å²) in [6, 6.07) is 20.7. The van der Waals surface area contributed by atoms with Crippen molar-refractivity contribution in [3.05, 3.63) is 95.0 Å². The maximum absolute atomic E-state index is 13.6. The van der Waals surface area contributed by atoms with Crippen molar-refractivity contribution in [2.45, 2.75) is 25.7 Å². The van der Waals surface area contributed by atoms with Gasteiger partial charge in [-0.2, -0.15) is 10.4 Å². The minimum Gasteiger partial charge on any atom is -0.467 e. The Hall–Kier alpha value is -4.02. The van der Waals surface area contributed by atoms with Crippen LogP contribution in [0.15, 0.2) is 77.5 Å². The van der Waals surface area contributed by atoms with Crippen LogP contribution in [-0.4, -0.2) is 20.6 Å². The smallest absolute Gasteiger partial charge is 0.258 e. The normalized spacial score (nSPS) is 15.1. The van der Waals surface area contributed by atoms with Gasteiger partial charge >= 0.3 is 0 Å². The van der Waals surface area contributed by atoms with E-state index in [9.17, 15) is 4.79 Å². The van der Waals surface area contributed by atoms with Crippen LogP contribution in [0.5, 0.6) is 0 Å². The summed E-state index contributed by atoms with van der Waals surface area (Å²) < 4.78 is 7.30. The number of hydrogen-bond donors (Lipinski definition) is 1. The van der Waals surface area contributed by atoms with Gasteiger partial charge < -0.3 is 14.6 Å². The van der Waals surface area contributed by atoms with Gasteiger partial charge in [-0.15, -0.1) is 0 Å². The average Bonchev–Trinajstić information content (AvgIpc) is 3.50. The van der Waals surface area contributed by atoms with Gasteiger partial charge in [0.2, 0.25) is 0 Å². The lowest BCUT2D eigenvalue weighted by atomic mass is 10.0. The fourth-order valence-corrected chi connectivity index (χ4v) is 4.15. The van der Waals surface area contributed by atoms with Crippen LogP contribution in [0.3, 0.4) is 0 Å². The SMILES string of the molecule is N#CCCn1cc(C2Nc3ccccc3C(=O)N2Cc2ccco2)c(-c2ccc(Cl)cc2)n1. The second-order valence-corrected chi connectivity index (χ2v) is 8.15. The van der Waals surface area contributed by atoms with Crippen molar-refractivity contribution in [1.29, 1.82) is 5.26 Å². The Kier molecular flexibility index (Phi) is 5.59. The van der Waals surface area contributed by atoms with Gasteiger partial charge in [-0.1, -0.05) is 35.9 Å². The number of nitrogens with one attached hydrogen (secondary N) is 1. The number of anilines is 1. The number of carbonyl (C=O) groups is 1. The number of nitriles is 1. The third-order valence-electron chi connectivity index (χ3n) is 5.58. The molecule has 1 aliphatic rings. The first kappa shape index (κ1) is 20.9. The summed E-state index contributed by atoms with van der Waals surface area (Å²) in [5.41, 5.74) is 3.78. The molecule has 7 nitrogen and oxygen atoms in total. The van der Waals surface area contributed by atoms with Crippen molar-refractivity contribution in [1.82, 2.24) is 14.7 Å². The number of rotatable bonds is 6. The number of nitrogens with zero attached hydrogens (tertiary/aromatic N) is 4. The topological polar surface area (TPSA) is 87.1 Å². The Morgan fingerprint density at radius 1 is 1.12 bits per heavy atom. The third-order valence-corrected chi connectivity index (χ3v) is 5.84. The Labute approximate surface area is 195 Å². The highest BCUT2D eigenvalue weighted by molar-refractivity contribution is 6.30. The molecular weight excluding hydrogens is 438 g/mol. The monoisotopic (exact) mass is 457 g/mol. The van der Waals surface area contributed by atoms with E-state index >= 15 is 0 Å². The summed E-state index contributed by atoms with van der Waals surface area (Å²) in [5.74, 6) is 0.581. The minimum atomic E-state index is -0.487. The Balaban J connectivity index is 1.63. The predicted octanol–water partition coefficient (Wildman–Crippen LogP) is 5.48. The van der Waals surface area contributed by atoms with Gasteiger partial charge in [-0.3, -0.25) is 9.48 Å². The van der Waals surface area contributed by atoms with Crippen LogP contribution in [-0.2, 0) is 13.1 Å². The lowest BCUT2D eigenvalue weighted by molar-refractivity contribution is 0.0652. The highest BCUT2D eigenvalue weighted by atomic mass is 35.5. The number of para-hydroxylation sites is 1. The van der Waals surface area contributed by atoms with Gasteiger partial charge in [0.05, 0.1) is 43.1 Å². The molecule has 5 rings (SSSR count). The standard InChI is InChI=1S/C25H20ClN5O2/c26-18-10-8-17(9-11-18)23-21(16-30(29-23)13-4-12-27)24-28-22-7-2-1-6-20(22)25(32)31(24)15-19-5-3-14-33-19/h1-3,5-11,14,16,24,28H,4,13,15H2. The van der Waals surface area contributed by atoms with Crippen LogP contribution in [0.1, 0.15) is 34.3 Å². The van der Waals surface area contributed by atoms with E-state index in [2.05, 4.69) is 11.4 Å². The molecule has 0 saturated carbocycles. The molecule has 0 radical (unpaired) electrons. The van der Waals surface area contributed by atoms with Crippen molar-refractivity contribution >= 4 is 23.2 Å². The summed E-state index contributed by atoms with van der Waals surface area (Å²) in [5, 5.41) is 17.9. The lowest BCUT2D eigenvalue weighted by Gasteiger charge is -2.37. The molecule has 0 bridgehead atoms. The van der Waals surface area contributed by atoms with Crippen LogP contribution in [0.25, 0.3) is 11.3 Å². The molecular formula is C25H20ClN5O2. The van der Waals surface area contributed by atoms with E-state index in [1.54, 1.807) is 21.9 Å². The Bertz CT molecular complexity index is 1320. The molecule has 3 heterocycles. The fourth-order valence-electron chi connectivity index (χ4n) is 4.02. The molecule has 0 spiro atoms. The lowest BCUT2D eigenvalue weighted by Crippen LogP contribution is -2.42. The second kappa shape index (κ2) is 8.85. The predicted molar refractivity (Wildman–Crippen MR) is 124 cm³/mol. The van der Waals surface area contributed by atoms with Crippen molar-refractivity contribution in [3.63, 3.8) is 0 Å². The van der Waals surface area contributed by atoms with E-state index in [-0.39, 0.29) is 5.91 Å². The molecule has 1 amide bonds. The zero-order chi connectivity index (χ0) is 22.8. The van der Waals surface area contributed by atoms with Gasteiger partial charge in [-0.05, 0) is 36.4 Å². The summed E-state index contributed by atoms with van der Waals surface area (Å²) >= 11 is 6.10. The molecule has 1 atom stereocenters. The van der Waals surface area contributed by atoms with E-state index < -0.39 is 6.17 Å². The molecule has 164 valence electrons. The van der Waals surface area contributed by atoms with E-state index in [1.165, 1.54) is 0 Å². The number of aryl methyl sites for hydroxylation is 1. The molecule has 0 aliphatic carbocycles. The molecule has 2 aromatic carbocycles. The molecule has 1 unspecified atom stereocenters. The molecule has 1 aliphatic heterocycles. The van der Waals surface area contributed by atoms with Crippen LogP contribution in [0.4, 0.5) is 5.69 Å². The van der Waals surface area contributed by atoms with Crippen molar-refractivity contribution < 1.29 is 9.21 Å². The van der Waals surface area contributed by atoms with Crippen molar-refractivity contribution in [2.24, 2.45) is 0 Å². The third kappa shape index (κ3) is 4.09. The summed E-state index contributed by atoms with van der Waals surface area (Å²) in [6.45, 7) is 0.744. The number of amides is 1. The Morgan fingerprint density at radius 3 is 2.70 bits per heavy atom. The van der Waals surface area contributed by atoms with Crippen LogP contribution in [0.2, 0.25) is 5.02 Å². The molecule has 4 aromatic rings. The fraction of sp³-hybridized carbons (Fsp3) is 0.160. The highest BCUT2D eigenvalue weighted by Gasteiger charge is 2.36. The van der Waals surface area contributed by atoms with Crippen LogP contribution >= 0.6 is 11.6 Å². The van der Waals surface area contributed by atoms with Gasteiger partial charge in [0.1, 0.15) is 11.9 Å². The number of halogens is 1. The maximum atomic E-state index is 13.6. The van der Waals surface area contributed by atoms with Gasteiger partial charge in [0.25, 0.3) is 5.91 Å². The van der Waals surface area contributed by atoms with E-state index in [4.69, 9.17) is 26.4 Å². The van der Waals surface area contributed by atoms with Crippen molar-refractivity contribution in [2.75, 3.05) is 5.32 Å². The quantitative estimate of drug-likeness (QED) is 0.414. The van der Waals surface area contributed by atoms with Gasteiger partial charge in [0, 0.05) is 28.0 Å². The Morgan fingerprint density at radius 2 is 1.94 bits per heavy atom. The van der Waals surface area contributed by atoms with Crippen LogP contribution in [0, 0.1) is 11.3 Å². The van der Waals surface area contributed by atoms with E-state index in [1.807, 2.05) is 60.8 Å². The van der Waals surface area contributed by atoms with Crippen LogP contribution < -0.4 is 5.32 Å². The second-order valence-electron chi connectivity index (χ2n) is 7.72. The summed E-state index contributed by atoms with van der Waals surface area (Å²) in [7, 11) is 0. The zero-order valence-electron chi connectivity index (χ0n) is 17.6. The van der Waals surface area contributed by atoms with E-state index in [0.29, 0.717) is 35.9 Å². The number of aromatic nitrogens is 2. The highest BCUT2D eigenvalue weighted by Crippen LogP contribution is 2.38. The molecule has 2 aromatic heterocycles. The first-order valence-corrected chi connectivity index (χ1v) is 10.9.